The minimum atomic E-state index is -0.155. The van der Waals surface area contributed by atoms with Gasteiger partial charge in [0.25, 0.3) is 5.91 Å². The zero-order chi connectivity index (χ0) is 27.9. The average Bonchev–Trinajstić information content (AvgIpc) is 3.44. The fourth-order valence-corrected chi connectivity index (χ4v) is 7.56. The van der Waals surface area contributed by atoms with Gasteiger partial charge in [-0.3, -0.25) is 4.79 Å². The lowest BCUT2D eigenvalue weighted by atomic mass is 9.87. The molecule has 0 bridgehead atoms. The van der Waals surface area contributed by atoms with Gasteiger partial charge in [-0.1, -0.05) is 67.8 Å². The van der Waals surface area contributed by atoms with Gasteiger partial charge in [0, 0.05) is 50.9 Å². The molecule has 3 fully saturated rings. The van der Waals surface area contributed by atoms with E-state index in [9.17, 15) is 9.59 Å². The van der Waals surface area contributed by atoms with Crippen LogP contribution >= 0.6 is 0 Å². The quantitative estimate of drug-likeness (QED) is 0.383. The highest BCUT2D eigenvalue weighted by molar-refractivity contribution is 5.94. The zero-order valence-corrected chi connectivity index (χ0v) is 24.4. The molecule has 3 atom stereocenters. The van der Waals surface area contributed by atoms with Gasteiger partial charge in [-0.15, -0.1) is 0 Å². The molecule has 2 aromatic rings. The molecule has 0 spiro atoms. The third-order valence-corrected chi connectivity index (χ3v) is 9.87. The molecule has 5 rings (SSSR count). The van der Waals surface area contributed by atoms with Crippen molar-refractivity contribution in [2.75, 3.05) is 40.3 Å². The fraction of sp³-hybridized carbons (Fsp3) is 0.588. The number of hydrogen-bond acceptors (Lipinski definition) is 4. The number of hydrogen-bond donors (Lipinski definition) is 0. The van der Waals surface area contributed by atoms with Gasteiger partial charge in [0.15, 0.2) is 0 Å². The molecule has 2 aromatic carbocycles. The summed E-state index contributed by atoms with van der Waals surface area (Å²) in [7, 11) is 3.49. The van der Waals surface area contributed by atoms with E-state index >= 15 is 0 Å². The van der Waals surface area contributed by atoms with E-state index in [-0.39, 0.29) is 24.1 Å². The Balaban J connectivity index is 1.22. The summed E-state index contributed by atoms with van der Waals surface area (Å²) >= 11 is 0. The zero-order valence-electron chi connectivity index (χ0n) is 24.4. The lowest BCUT2D eigenvalue weighted by Crippen LogP contribution is -2.50. The van der Waals surface area contributed by atoms with Crippen LogP contribution in [0.5, 0.6) is 0 Å². The lowest BCUT2D eigenvalue weighted by Gasteiger charge is -2.40. The van der Waals surface area contributed by atoms with Gasteiger partial charge in [-0.25, -0.2) is 4.79 Å². The SMILES string of the molecule is COC(=O)N(CC1CCCCC1)C1CCN(C[C@H]2CC(N(C)C(=O)c3ccccc3)C[C@@H]2c2ccccc2)CC1. The summed E-state index contributed by atoms with van der Waals surface area (Å²) in [5, 5.41) is 0. The third kappa shape index (κ3) is 6.88. The number of amides is 2. The second-order valence-corrected chi connectivity index (χ2v) is 12.3. The third-order valence-electron chi connectivity index (χ3n) is 9.87. The highest BCUT2D eigenvalue weighted by atomic mass is 16.5. The van der Waals surface area contributed by atoms with E-state index in [1.165, 1.54) is 44.8 Å². The van der Waals surface area contributed by atoms with Crippen LogP contribution in [0.25, 0.3) is 0 Å². The van der Waals surface area contributed by atoms with Crippen LogP contribution in [0.1, 0.15) is 79.6 Å². The number of rotatable bonds is 8. The van der Waals surface area contributed by atoms with E-state index < -0.39 is 0 Å². The van der Waals surface area contributed by atoms with E-state index in [0.717, 1.165) is 57.4 Å². The van der Waals surface area contributed by atoms with E-state index in [1.807, 2.05) is 42.3 Å². The Morgan fingerprint density at radius 3 is 2.15 bits per heavy atom. The second kappa shape index (κ2) is 13.7. The summed E-state index contributed by atoms with van der Waals surface area (Å²) in [5.41, 5.74) is 2.14. The number of carbonyl (C=O) groups excluding carboxylic acids is 2. The van der Waals surface area contributed by atoms with Crippen molar-refractivity contribution in [3.05, 3.63) is 71.8 Å². The molecule has 0 radical (unpaired) electrons. The van der Waals surface area contributed by atoms with Crippen LogP contribution in [0.3, 0.4) is 0 Å². The van der Waals surface area contributed by atoms with Crippen molar-refractivity contribution in [3.8, 4) is 0 Å². The van der Waals surface area contributed by atoms with Crippen molar-refractivity contribution < 1.29 is 14.3 Å². The van der Waals surface area contributed by atoms with E-state index in [2.05, 4.69) is 40.1 Å². The highest BCUT2D eigenvalue weighted by Crippen LogP contribution is 2.42. The normalized spacial score (nSPS) is 24.5. The maximum Gasteiger partial charge on any atom is 0.409 e. The van der Waals surface area contributed by atoms with Gasteiger partial charge in [0.2, 0.25) is 0 Å². The maximum atomic E-state index is 13.3. The topological polar surface area (TPSA) is 53.1 Å². The van der Waals surface area contributed by atoms with Gasteiger partial charge >= 0.3 is 6.09 Å². The first-order valence-corrected chi connectivity index (χ1v) is 15.5. The van der Waals surface area contributed by atoms with Crippen LogP contribution in [0.2, 0.25) is 0 Å². The summed E-state index contributed by atoms with van der Waals surface area (Å²) in [5.74, 6) is 1.66. The number of piperidine rings is 1. The summed E-state index contributed by atoms with van der Waals surface area (Å²) in [6.45, 7) is 3.89. The molecular weight excluding hydrogens is 498 g/mol. The first kappa shape index (κ1) is 28.7. The molecule has 1 unspecified atom stereocenters. The van der Waals surface area contributed by atoms with Crippen LogP contribution in [-0.2, 0) is 4.74 Å². The van der Waals surface area contributed by atoms with Gasteiger partial charge in [-0.2, -0.15) is 0 Å². The molecule has 1 aliphatic heterocycles. The monoisotopic (exact) mass is 545 g/mol. The van der Waals surface area contributed by atoms with E-state index in [4.69, 9.17) is 4.74 Å². The maximum absolute atomic E-state index is 13.3. The summed E-state index contributed by atoms with van der Waals surface area (Å²) in [6.07, 6.45) is 10.2. The van der Waals surface area contributed by atoms with Crippen LogP contribution in [-0.4, -0.2) is 79.1 Å². The molecule has 216 valence electrons. The molecule has 1 saturated heterocycles. The van der Waals surface area contributed by atoms with Crippen LogP contribution in [0.15, 0.2) is 60.7 Å². The Kier molecular flexibility index (Phi) is 9.79. The van der Waals surface area contributed by atoms with Crippen LogP contribution < -0.4 is 0 Å². The Bertz CT molecular complexity index is 1080. The molecular formula is C34H47N3O3. The van der Waals surface area contributed by atoms with E-state index in [1.54, 1.807) is 0 Å². The average molecular weight is 546 g/mol. The molecule has 1 heterocycles. The number of nitrogens with zero attached hydrogens (tertiary/aromatic N) is 3. The van der Waals surface area contributed by atoms with Crippen molar-refractivity contribution in [2.24, 2.45) is 11.8 Å². The Hall–Kier alpha value is -2.86. The number of likely N-dealkylation sites (tertiary alicyclic amines) is 1. The summed E-state index contributed by atoms with van der Waals surface area (Å²) < 4.78 is 5.23. The van der Waals surface area contributed by atoms with Gasteiger partial charge in [-0.05, 0) is 74.0 Å². The number of benzene rings is 2. The minimum absolute atomic E-state index is 0.111. The molecule has 0 aromatic heterocycles. The summed E-state index contributed by atoms with van der Waals surface area (Å²) in [6, 6.07) is 21.0. The molecule has 2 saturated carbocycles. The van der Waals surface area contributed by atoms with Gasteiger partial charge in [0.05, 0.1) is 7.11 Å². The second-order valence-electron chi connectivity index (χ2n) is 12.3. The highest BCUT2D eigenvalue weighted by Gasteiger charge is 2.40. The van der Waals surface area contributed by atoms with Crippen molar-refractivity contribution in [1.82, 2.24) is 14.7 Å². The Morgan fingerprint density at radius 1 is 0.850 bits per heavy atom. The van der Waals surface area contributed by atoms with Crippen molar-refractivity contribution in [1.29, 1.82) is 0 Å². The molecule has 40 heavy (non-hydrogen) atoms. The fourth-order valence-electron chi connectivity index (χ4n) is 7.56. The van der Waals surface area contributed by atoms with E-state index in [0.29, 0.717) is 17.8 Å². The largest absolute Gasteiger partial charge is 0.453 e. The van der Waals surface area contributed by atoms with Crippen LogP contribution in [0.4, 0.5) is 4.79 Å². The molecule has 2 amide bonds. The Labute approximate surface area is 240 Å². The van der Waals surface area contributed by atoms with Crippen LogP contribution in [0, 0.1) is 11.8 Å². The van der Waals surface area contributed by atoms with Gasteiger partial charge < -0.3 is 19.4 Å². The first-order chi connectivity index (χ1) is 19.5. The van der Waals surface area contributed by atoms with Crippen molar-refractivity contribution in [3.63, 3.8) is 0 Å². The van der Waals surface area contributed by atoms with Crippen molar-refractivity contribution in [2.45, 2.75) is 75.8 Å². The Morgan fingerprint density at radius 2 is 1.50 bits per heavy atom. The smallest absolute Gasteiger partial charge is 0.409 e. The molecule has 3 aliphatic rings. The molecule has 6 heteroatoms. The summed E-state index contributed by atoms with van der Waals surface area (Å²) in [4.78, 5) is 32.7. The standard InChI is InChI=1S/C34H47N3O3/c1-35(33(38)28-16-10-5-11-17-28)31-22-29(32(23-31)27-14-8-4-9-15-27)25-36-20-18-30(19-21-36)37(34(39)40-2)24-26-12-6-3-7-13-26/h4-5,8-11,14-17,26,29-32H,3,6-7,12-13,18-25H2,1-2H3/t29-,31?,32-/m1/s1. The predicted molar refractivity (Wildman–Crippen MR) is 159 cm³/mol. The molecule has 0 N–H and O–H groups in total. The first-order valence-electron chi connectivity index (χ1n) is 15.5. The molecule has 2 aliphatic carbocycles. The number of carbonyl (C=O) groups is 2. The lowest BCUT2D eigenvalue weighted by molar-refractivity contribution is 0.0611. The van der Waals surface area contributed by atoms with Gasteiger partial charge in [0.1, 0.15) is 0 Å². The number of methoxy groups -OCH3 is 1. The number of ether oxygens (including phenoxy) is 1. The van der Waals surface area contributed by atoms with Crippen molar-refractivity contribution >= 4 is 12.0 Å². The predicted octanol–water partition coefficient (Wildman–Crippen LogP) is 6.43. The minimum Gasteiger partial charge on any atom is -0.453 e. The molecule has 6 nitrogen and oxygen atoms in total.